The van der Waals surface area contributed by atoms with E-state index in [1.807, 2.05) is 13.0 Å². The number of aromatic nitrogens is 2. The fourth-order valence-electron chi connectivity index (χ4n) is 0.600. The molecule has 3 heteroatoms. The van der Waals surface area contributed by atoms with Gasteiger partial charge in [0, 0.05) is 0 Å². The molecule has 0 saturated heterocycles. The summed E-state index contributed by atoms with van der Waals surface area (Å²) in [7, 11) is 0. The molecular weight excluding hydrogens is 132 g/mol. The molecule has 0 spiro atoms. The van der Waals surface area contributed by atoms with E-state index >= 15 is 0 Å². The minimum Gasteiger partial charge on any atom is -0.278 e. The molecule has 1 rings (SSSR count). The van der Waals surface area contributed by atoms with Gasteiger partial charge >= 0.3 is 0 Å². The fourth-order valence-corrected chi connectivity index (χ4v) is 0.749. The van der Waals surface area contributed by atoms with Crippen LogP contribution in [0.5, 0.6) is 0 Å². The van der Waals surface area contributed by atoms with Crippen molar-refractivity contribution >= 4 is 18.7 Å². The van der Waals surface area contributed by atoms with Crippen LogP contribution in [0.2, 0.25) is 0 Å². The summed E-state index contributed by atoms with van der Waals surface area (Å²) in [4.78, 5) is 0. The maximum absolute atomic E-state index is 3.93. The second kappa shape index (κ2) is 2.73. The highest BCUT2D eigenvalue weighted by Gasteiger charge is 1.91. The summed E-state index contributed by atoms with van der Waals surface area (Å²) in [6, 6.07) is 0. The van der Waals surface area contributed by atoms with Crippen molar-refractivity contribution in [2.45, 2.75) is 6.92 Å². The minimum absolute atomic E-state index is 1.02. The van der Waals surface area contributed by atoms with Crippen LogP contribution in [0.25, 0.3) is 6.08 Å². The third kappa shape index (κ3) is 1.36. The van der Waals surface area contributed by atoms with Crippen molar-refractivity contribution in [1.29, 1.82) is 0 Å². The van der Waals surface area contributed by atoms with E-state index in [-0.39, 0.29) is 0 Å². The van der Waals surface area contributed by atoms with Crippen molar-refractivity contribution in [2.75, 3.05) is 0 Å². The first-order valence-corrected chi connectivity index (χ1v) is 3.17. The first kappa shape index (κ1) is 6.42. The molecule has 0 amide bonds. The number of hydrogen-bond acceptors (Lipinski definition) is 2. The molecule has 1 heterocycles. The lowest BCUT2D eigenvalue weighted by molar-refractivity contribution is 1.08. The van der Waals surface area contributed by atoms with Crippen LogP contribution in [0, 0.1) is 6.92 Å². The van der Waals surface area contributed by atoms with E-state index in [4.69, 9.17) is 0 Å². The monoisotopic (exact) mass is 140 g/mol. The molecule has 0 unspecified atom stereocenters. The lowest BCUT2D eigenvalue weighted by atomic mass is 10.3. The Balaban J connectivity index is 2.94. The molecule has 48 valence electrons. The van der Waals surface area contributed by atoms with Gasteiger partial charge in [0.1, 0.15) is 0 Å². The molecular formula is C6H8N2S. The molecule has 2 nitrogen and oxygen atoms in total. The lowest BCUT2D eigenvalue weighted by Gasteiger charge is -1.83. The van der Waals surface area contributed by atoms with E-state index in [1.165, 1.54) is 0 Å². The Morgan fingerprint density at radius 1 is 1.78 bits per heavy atom. The molecule has 0 aromatic carbocycles. The van der Waals surface area contributed by atoms with Crippen LogP contribution < -0.4 is 0 Å². The number of aryl methyl sites for hydroxylation is 1. The van der Waals surface area contributed by atoms with Crippen molar-refractivity contribution in [3.05, 3.63) is 22.9 Å². The number of thiol groups is 1. The van der Waals surface area contributed by atoms with Gasteiger partial charge in [-0.15, -0.1) is 0 Å². The first-order chi connectivity index (χ1) is 4.34. The summed E-state index contributed by atoms with van der Waals surface area (Å²) in [6.45, 7) is 1.99. The van der Waals surface area contributed by atoms with Crippen LogP contribution in [0.1, 0.15) is 11.3 Å². The molecule has 1 aromatic rings. The molecule has 1 N–H and O–H groups in total. The first-order valence-electron chi connectivity index (χ1n) is 2.65. The van der Waals surface area contributed by atoms with E-state index < -0.39 is 0 Å². The summed E-state index contributed by atoms with van der Waals surface area (Å²) in [5.41, 5.74) is 2.16. The summed E-state index contributed by atoms with van der Waals surface area (Å²) in [5, 5.41) is 8.33. The molecule has 0 saturated carbocycles. The van der Waals surface area contributed by atoms with Gasteiger partial charge in [0.25, 0.3) is 0 Å². The SMILES string of the molecule is Cc1cn[nH]c1/C=C\S. The molecule has 0 aliphatic heterocycles. The number of H-pyrrole nitrogens is 1. The molecule has 1 aromatic heterocycles. The summed E-state index contributed by atoms with van der Waals surface area (Å²) in [6.07, 6.45) is 3.65. The van der Waals surface area contributed by atoms with Gasteiger partial charge in [-0.3, -0.25) is 5.10 Å². The maximum atomic E-state index is 3.93. The molecule has 0 aliphatic carbocycles. The highest BCUT2D eigenvalue weighted by atomic mass is 32.1. The van der Waals surface area contributed by atoms with Crippen LogP contribution in [-0.2, 0) is 0 Å². The Morgan fingerprint density at radius 2 is 2.56 bits per heavy atom. The zero-order valence-electron chi connectivity index (χ0n) is 5.13. The average Bonchev–Trinajstić information content (AvgIpc) is 2.18. The fraction of sp³-hybridized carbons (Fsp3) is 0.167. The van der Waals surface area contributed by atoms with Gasteiger partial charge in [-0.05, 0) is 24.0 Å². The Kier molecular flexibility index (Phi) is 1.95. The lowest BCUT2D eigenvalue weighted by Crippen LogP contribution is -1.72. The van der Waals surface area contributed by atoms with E-state index in [0.29, 0.717) is 0 Å². The summed E-state index contributed by atoms with van der Waals surface area (Å²) >= 11 is 3.93. The highest BCUT2D eigenvalue weighted by Crippen LogP contribution is 2.03. The van der Waals surface area contributed by atoms with Gasteiger partial charge in [0.15, 0.2) is 0 Å². The van der Waals surface area contributed by atoms with Gasteiger partial charge in [-0.1, -0.05) is 0 Å². The largest absolute Gasteiger partial charge is 0.278 e. The number of aromatic amines is 1. The molecule has 0 radical (unpaired) electrons. The van der Waals surface area contributed by atoms with E-state index in [0.717, 1.165) is 11.3 Å². The number of hydrogen-bond donors (Lipinski definition) is 2. The van der Waals surface area contributed by atoms with Crippen LogP contribution in [0.15, 0.2) is 11.6 Å². The molecule has 0 bridgehead atoms. The van der Waals surface area contributed by atoms with Gasteiger partial charge in [0.2, 0.25) is 0 Å². The standard InChI is InChI=1S/C6H8N2S/c1-5-4-7-8-6(5)2-3-9/h2-4,9H,1H3,(H,7,8)/b3-2-. The van der Waals surface area contributed by atoms with E-state index in [1.54, 1.807) is 11.6 Å². The zero-order chi connectivity index (χ0) is 6.69. The Hall–Kier alpha value is -0.700. The van der Waals surface area contributed by atoms with E-state index in [2.05, 4.69) is 22.8 Å². The van der Waals surface area contributed by atoms with Crippen LogP contribution >= 0.6 is 12.6 Å². The van der Waals surface area contributed by atoms with Crippen molar-refractivity contribution < 1.29 is 0 Å². The van der Waals surface area contributed by atoms with Crippen molar-refractivity contribution in [3.8, 4) is 0 Å². The molecule has 9 heavy (non-hydrogen) atoms. The second-order valence-electron chi connectivity index (χ2n) is 1.78. The molecule has 0 atom stereocenters. The van der Waals surface area contributed by atoms with Gasteiger partial charge in [-0.2, -0.15) is 17.7 Å². The quantitative estimate of drug-likeness (QED) is 0.570. The number of nitrogens with zero attached hydrogens (tertiary/aromatic N) is 1. The van der Waals surface area contributed by atoms with Crippen molar-refractivity contribution in [3.63, 3.8) is 0 Å². The highest BCUT2D eigenvalue weighted by molar-refractivity contribution is 7.83. The summed E-state index contributed by atoms with van der Waals surface area (Å²) in [5.74, 6) is 0. The van der Waals surface area contributed by atoms with Crippen LogP contribution in [0.3, 0.4) is 0 Å². The number of rotatable bonds is 1. The molecule has 0 fully saturated rings. The van der Waals surface area contributed by atoms with E-state index in [9.17, 15) is 0 Å². The van der Waals surface area contributed by atoms with Crippen molar-refractivity contribution in [2.24, 2.45) is 0 Å². The average molecular weight is 140 g/mol. The Bertz CT molecular complexity index is 215. The van der Waals surface area contributed by atoms with Crippen molar-refractivity contribution in [1.82, 2.24) is 10.2 Å². The molecule has 0 aliphatic rings. The third-order valence-electron chi connectivity index (χ3n) is 1.11. The number of nitrogens with one attached hydrogen (secondary N) is 1. The van der Waals surface area contributed by atoms with Crippen LogP contribution in [-0.4, -0.2) is 10.2 Å². The maximum Gasteiger partial charge on any atom is 0.0611 e. The third-order valence-corrected chi connectivity index (χ3v) is 1.26. The topological polar surface area (TPSA) is 28.7 Å². The second-order valence-corrected chi connectivity index (χ2v) is 2.08. The van der Waals surface area contributed by atoms with Gasteiger partial charge in [0.05, 0.1) is 11.9 Å². The Labute approximate surface area is 59.4 Å². The smallest absolute Gasteiger partial charge is 0.0611 e. The van der Waals surface area contributed by atoms with Gasteiger partial charge in [-0.25, -0.2) is 0 Å². The predicted octanol–water partition coefficient (Wildman–Crippen LogP) is 1.62. The zero-order valence-corrected chi connectivity index (χ0v) is 6.02. The summed E-state index contributed by atoms with van der Waals surface area (Å²) < 4.78 is 0. The van der Waals surface area contributed by atoms with Crippen LogP contribution in [0.4, 0.5) is 0 Å². The van der Waals surface area contributed by atoms with Gasteiger partial charge < -0.3 is 0 Å². The predicted molar refractivity (Wildman–Crippen MR) is 41.3 cm³/mol. The Morgan fingerprint density at radius 3 is 3.00 bits per heavy atom. The minimum atomic E-state index is 1.02. The normalized spacial score (nSPS) is 10.9.